The molecule has 0 spiro atoms. The zero-order chi connectivity index (χ0) is 17.8. The number of aliphatic hydroxyl groups excluding tert-OH is 1. The van der Waals surface area contributed by atoms with Gasteiger partial charge < -0.3 is 39.3 Å². The van der Waals surface area contributed by atoms with E-state index in [0.717, 1.165) is 0 Å². The lowest BCUT2D eigenvalue weighted by Gasteiger charge is -2.28. The van der Waals surface area contributed by atoms with Gasteiger partial charge in [-0.2, -0.15) is 0 Å². The lowest BCUT2D eigenvalue weighted by Crippen LogP contribution is -2.43. The average Bonchev–Trinajstić information content (AvgIpc) is 2.27. The largest absolute Gasteiger partial charge is 0.470 e. The number of aldehydes is 1. The second kappa shape index (κ2) is 8.18. The van der Waals surface area contributed by atoms with Crippen molar-refractivity contribution in [3.8, 4) is 0 Å². The van der Waals surface area contributed by atoms with Crippen molar-refractivity contribution in [1.29, 1.82) is 0 Å². The van der Waals surface area contributed by atoms with Gasteiger partial charge in [-0.1, -0.05) is 0 Å². The summed E-state index contributed by atoms with van der Waals surface area (Å²) in [6, 6.07) is 0. The van der Waals surface area contributed by atoms with Crippen molar-refractivity contribution in [2.75, 3.05) is 6.61 Å². The normalized spacial score (nSPS) is 17.8. The first-order valence-corrected chi connectivity index (χ1v) is 9.55. The maximum absolute atomic E-state index is 10.8. The van der Waals surface area contributed by atoms with Crippen LogP contribution < -0.4 is 0 Å². The summed E-state index contributed by atoms with van der Waals surface area (Å²) in [5.74, 6) is 0. The van der Waals surface area contributed by atoms with Crippen LogP contribution in [0, 0.1) is 0 Å². The van der Waals surface area contributed by atoms with Gasteiger partial charge >= 0.3 is 23.5 Å². The minimum absolute atomic E-state index is 0.312. The summed E-state index contributed by atoms with van der Waals surface area (Å²) in [4.78, 5) is 62.0. The Kier molecular flexibility index (Phi) is 8.16. The Morgan fingerprint density at radius 1 is 0.864 bits per heavy atom. The molecule has 0 saturated carbocycles. The Hall–Kier alpha value is -0.0400. The summed E-state index contributed by atoms with van der Waals surface area (Å²) in [6.45, 7) is -1.37. The Labute approximate surface area is 122 Å². The molecule has 0 unspecified atom stereocenters. The van der Waals surface area contributed by atoms with E-state index in [9.17, 15) is 23.6 Å². The van der Waals surface area contributed by atoms with E-state index in [-0.39, 0.29) is 6.29 Å². The molecule has 0 fully saturated rings. The fourth-order valence-electron chi connectivity index (χ4n) is 1.12. The third kappa shape index (κ3) is 10.6. The predicted molar refractivity (Wildman–Crippen MR) is 63.9 cm³/mol. The standard InChI is InChI=1S/C5H13O14P3/c6-1-3(7)5(19-22(14,15)16)4(18-21(11,12)13)2-17-20(8,9)10/h1,3-5,7H,2H2,(H2,8,9,10)(H2,11,12,13)(H2,14,15,16)/t3-,4+,5+/m1/s1. The molecule has 0 aliphatic carbocycles. The Morgan fingerprint density at radius 3 is 1.64 bits per heavy atom. The summed E-state index contributed by atoms with van der Waals surface area (Å²) < 4.78 is 43.8. The van der Waals surface area contributed by atoms with Crippen molar-refractivity contribution in [3.63, 3.8) is 0 Å². The zero-order valence-electron chi connectivity index (χ0n) is 10.3. The minimum Gasteiger partial charge on any atom is -0.383 e. The molecule has 22 heavy (non-hydrogen) atoms. The first kappa shape index (κ1) is 22.0. The van der Waals surface area contributed by atoms with E-state index < -0.39 is 48.4 Å². The van der Waals surface area contributed by atoms with Gasteiger partial charge in [0.2, 0.25) is 0 Å². The Morgan fingerprint density at radius 2 is 1.32 bits per heavy atom. The first-order valence-electron chi connectivity index (χ1n) is 4.96. The second-order valence-electron chi connectivity index (χ2n) is 3.61. The van der Waals surface area contributed by atoms with Crippen LogP contribution in [0.4, 0.5) is 0 Å². The highest BCUT2D eigenvalue weighted by atomic mass is 31.2. The fraction of sp³-hybridized carbons (Fsp3) is 0.800. The van der Waals surface area contributed by atoms with E-state index in [4.69, 9.17) is 29.4 Å². The van der Waals surface area contributed by atoms with Crippen molar-refractivity contribution in [2.24, 2.45) is 0 Å². The Balaban J connectivity index is 5.42. The highest BCUT2D eigenvalue weighted by molar-refractivity contribution is 7.47. The zero-order valence-corrected chi connectivity index (χ0v) is 13.0. The SMILES string of the molecule is O=C[C@@H](O)[C@H](OP(=O)(O)O)[C@H](COP(=O)(O)O)OP(=O)(O)O. The average molecular weight is 390 g/mol. The number of hydrogen-bond donors (Lipinski definition) is 7. The molecule has 3 atom stereocenters. The van der Waals surface area contributed by atoms with E-state index in [1.165, 1.54) is 0 Å². The molecule has 0 heterocycles. The van der Waals surface area contributed by atoms with Crippen LogP contribution in [-0.4, -0.2) is 65.7 Å². The molecule has 0 aromatic heterocycles. The highest BCUT2D eigenvalue weighted by Gasteiger charge is 2.40. The number of aliphatic hydroxyl groups is 1. The number of carbonyl (C=O) groups excluding carboxylic acids is 1. The minimum atomic E-state index is -5.37. The molecule has 0 aromatic carbocycles. The number of hydrogen-bond acceptors (Lipinski definition) is 8. The van der Waals surface area contributed by atoms with Crippen molar-refractivity contribution in [3.05, 3.63) is 0 Å². The summed E-state index contributed by atoms with van der Waals surface area (Å²) >= 11 is 0. The smallest absolute Gasteiger partial charge is 0.383 e. The summed E-state index contributed by atoms with van der Waals surface area (Å²) in [6.07, 6.45) is -7.36. The van der Waals surface area contributed by atoms with Gasteiger partial charge in [0.1, 0.15) is 18.3 Å². The van der Waals surface area contributed by atoms with Gasteiger partial charge in [-0.25, -0.2) is 13.7 Å². The molecule has 0 bridgehead atoms. The molecule has 132 valence electrons. The number of rotatable bonds is 10. The van der Waals surface area contributed by atoms with Crippen molar-refractivity contribution >= 4 is 29.8 Å². The summed E-state index contributed by atoms with van der Waals surface area (Å²) in [5, 5.41) is 9.26. The van der Waals surface area contributed by atoms with Gasteiger partial charge in [-0.15, -0.1) is 0 Å². The van der Waals surface area contributed by atoms with Crippen LogP contribution in [-0.2, 0) is 32.1 Å². The van der Waals surface area contributed by atoms with Crippen molar-refractivity contribution in [1.82, 2.24) is 0 Å². The van der Waals surface area contributed by atoms with Gasteiger partial charge in [0.05, 0.1) is 6.61 Å². The third-order valence-corrected chi connectivity index (χ3v) is 3.33. The van der Waals surface area contributed by atoms with Crippen molar-refractivity contribution in [2.45, 2.75) is 18.3 Å². The molecule has 0 amide bonds. The molecular formula is C5H13O14P3. The lowest BCUT2D eigenvalue weighted by atomic mass is 10.1. The number of phosphoric ester groups is 3. The van der Waals surface area contributed by atoms with Gasteiger partial charge in [-0.05, 0) is 0 Å². The maximum atomic E-state index is 10.8. The van der Waals surface area contributed by atoms with Crippen LogP contribution in [0.2, 0.25) is 0 Å². The monoisotopic (exact) mass is 390 g/mol. The molecular weight excluding hydrogens is 377 g/mol. The highest BCUT2D eigenvalue weighted by Crippen LogP contribution is 2.45. The number of carbonyl (C=O) groups is 1. The summed E-state index contributed by atoms with van der Waals surface area (Å²) in [5.41, 5.74) is 0. The van der Waals surface area contributed by atoms with Gasteiger partial charge in [0.25, 0.3) is 0 Å². The molecule has 0 radical (unpaired) electrons. The van der Waals surface area contributed by atoms with E-state index in [1.807, 2.05) is 0 Å². The summed E-state index contributed by atoms with van der Waals surface area (Å²) in [7, 11) is -15.9. The predicted octanol–water partition coefficient (Wildman–Crippen LogP) is -2.39. The topological polar surface area (TPSA) is 238 Å². The molecule has 0 aliphatic rings. The van der Waals surface area contributed by atoms with Crippen molar-refractivity contribution < 1.29 is 66.5 Å². The second-order valence-corrected chi connectivity index (χ2v) is 7.23. The fourth-order valence-corrected chi connectivity index (χ4v) is 2.57. The molecule has 0 aliphatic heterocycles. The molecule has 0 aromatic rings. The maximum Gasteiger partial charge on any atom is 0.470 e. The van der Waals surface area contributed by atoms with E-state index >= 15 is 0 Å². The van der Waals surface area contributed by atoms with Crippen LogP contribution in [0.25, 0.3) is 0 Å². The molecule has 17 heteroatoms. The first-order chi connectivity index (χ1) is 9.64. The van der Waals surface area contributed by atoms with Crippen LogP contribution in [0.5, 0.6) is 0 Å². The quantitative estimate of drug-likeness (QED) is 0.152. The lowest BCUT2D eigenvalue weighted by molar-refractivity contribution is -0.125. The molecule has 0 saturated heterocycles. The van der Waals surface area contributed by atoms with E-state index in [0.29, 0.717) is 0 Å². The molecule has 14 nitrogen and oxygen atoms in total. The Bertz CT molecular complexity index is 499. The van der Waals surface area contributed by atoms with Gasteiger partial charge in [-0.3, -0.25) is 13.6 Å². The van der Waals surface area contributed by atoms with Gasteiger partial charge in [0, 0.05) is 0 Å². The van der Waals surface area contributed by atoms with Gasteiger partial charge in [0.15, 0.2) is 6.29 Å². The molecule has 0 rings (SSSR count). The third-order valence-electron chi connectivity index (χ3n) is 1.78. The van der Waals surface area contributed by atoms with Crippen LogP contribution in [0.15, 0.2) is 0 Å². The molecule has 7 N–H and O–H groups in total. The number of phosphoric acid groups is 3. The van der Waals surface area contributed by atoms with E-state index in [2.05, 4.69) is 13.6 Å². The van der Waals surface area contributed by atoms with Crippen LogP contribution >= 0.6 is 23.5 Å². The van der Waals surface area contributed by atoms with E-state index in [1.54, 1.807) is 0 Å². The van der Waals surface area contributed by atoms with Crippen LogP contribution in [0.1, 0.15) is 0 Å². The van der Waals surface area contributed by atoms with Crippen LogP contribution in [0.3, 0.4) is 0 Å².